The summed E-state index contributed by atoms with van der Waals surface area (Å²) in [7, 11) is 0. The van der Waals surface area contributed by atoms with Crippen LogP contribution in [0.5, 0.6) is 0 Å². The molecular formula is C17H29N3O. The van der Waals surface area contributed by atoms with Gasteiger partial charge < -0.3 is 10.6 Å². The first kappa shape index (κ1) is 15.0. The molecule has 1 heterocycles. The second kappa shape index (κ2) is 6.93. The van der Waals surface area contributed by atoms with Gasteiger partial charge in [-0.25, -0.2) is 0 Å². The number of hydrogen-bond donors (Lipinski definition) is 1. The average molecular weight is 291 g/mol. The lowest BCUT2D eigenvalue weighted by atomic mass is 9.97. The molecule has 0 spiro atoms. The van der Waals surface area contributed by atoms with E-state index in [1.807, 2.05) is 0 Å². The smallest absolute Gasteiger partial charge is 0.241 e. The number of carbonyl (C=O) groups excluding carboxylic acids is 1. The highest BCUT2D eigenvalue weighted by molar-refractivity contribution is 5.80. The maximum absolute atomic E-state index is 12.8. The molecule has 0 aromatic heterocycles. The molecule has 0 atom stereocenters. The van der Waals surface area contributed by atoms with Crippen molar-refractivity contribution < 1.29 is 4.79 Å². The van der Waals surface area contributed by atoms with E-state index in [1.165, 1.54) is 31.4 Å². The minimum Gasteiger partial charge on any atom is -0.330 e. The van der Waals surface area contributed by atoms with Gasteiger partial charge in [-0.05, 0) is 76.9 Å². The Balaban J connectivity index is 1.56. The van der Waals surface area contributed by atoms with Gasteiger partial charge >= 0.3 is 0 Å². The lowest BCUT2D eigenvalue weighted by Crippen LogP contribution is -2.44. The van der Waals surface area contributed by atoms with E-state index < -0.39 is 0 Å². The van der Waals surface area contributed by atoms with Gasteiger partial charge in [0.05, 0.1) is 6.54 Å². The highest BCUT2D eigenvalue weighted by Crippen LogP contribution is 2.34. The molecule has 1 aliphatic heterocycles. The Morgan fingerprint density at radius 1 is 1.24 bits per heavy atom. The minimum absolute atomic E-state index is 0.330. The standard InChI is InChI=1S/C17H29N3O/c18-12-14-8-10-19(11-9-14)13-17(21)20(16-6-7-16)15-4-2-1-3-5-15/h4,14,16H,1-3,5-13,18H2. The molecule has 2 aliphatic carbocycles. The number of nitrogens with zero attached hydrogens (tertiary/aromatic N) is 2. The number of likely N-dealkylation sites (tertiary alicyclic amines) is 1. The molecule has 1 saturated carbocycles. The number of amides is 1. The number of allylic oxidation sites excluding steroid dienone is 2. The predicted octanol–water partition coefficient (Wildman–Crippen LogP) is 2.11. The van der Waals surface area contributed by atoms with E-state index in [4.69, 9.17) is 5.73 Å². The third-order valence-electron chi connectivity index (χ3n) is 5.16. The lowest BCUT2D eigenvalue weighted by Gasteiger charge is -2.34. The second-order valence-electron chi connectivity index (χ2n) is 6.89. The Labute approximate surface area is 128 Å². The summed E-state index contributed by atoms with van der Waals surface area (Å²) in [5.41, 5.74) is 7.05. The van der Waals surface area contributed by atoms with E-state index in [0.29, 0.717) is 24.4 Å². The molecule has 0 aromatic carbocycles. The maximum atomic E-state index is 12.8. The fourth-order valence-electron chi connectivity index (χ4n) is 3.62. The van der Waals surface area contributed by atoms with Crippen molar-refractivity contribution in [3.8, 4) is 0 Å². The maximum Gasteiger partial charge on any atom is 0.241 e. The Morgan fingerprint density at radius 2 is 2.00 bits per heavy atom. The van der Waals surface area contributed by atoms with Crippen molar-refractivity contribution in [1.29, 1.82) is 0 Å². The Hall–Kier alpha value is -0.870. The van der Waals surface area contributed by atoms with Crippen LogP contribution in [0.2, 0.25) is 0 Å². The van der Waals surface area contributed by atoms with Gasteiger partial charge in [0.15, 0.2) is 0 Å². The van der Waals surface area contributed by atoms with E-state index in [2.05, 4.69) is 15.9 Å². The highest BCUT2D eigenvalue weighted by Gasteiger charge is 2.35. The lowest BCUT2D eigenvalue weighted by molar-refractivity contribution is -0.131. The Morgan fingerprint density at radius 3 is 2.57 bits per heavy atom. The molecule has 0 radical (unpaired) electrons. The topological polar surface area (TPSA) is 49.6 Å². The van der Waals surface area contributed by atoms with E-state index in [0.717, 1.165) is 45.3 Å². The molecule has 3 rings (SSSR count). The van der Waals surface area contributed by atoms with Gasteiger partial charge in [-0.3, -0.25) is 9.69 Å². The monoisotopic (exact) mass is 291 g/mol. The fourth-order valence-corrected chi connectivity index (χ4v) is 3.62. The van der Waals surface area contributed by atoms with Crippen molar-refractivity contribution in [2.24, 2.45) is 11.7 Å². The number of nitrogens with two attached hydrogens (primary N) is 1. The van der Waals surface area contributed by atoms with Crippen LogP contribution in [0.4, 0.5) is 0 Å². The first-order chi connectivity index (χ1) is 10.3. The molecule has 21 heavy (non-hydrogen) atoms. The molecule has 2 N–H and O–H groups in total. The zero-order chi connectivity index (χ0) is 14.7. The van der Waals surface area contributed by atoms with Gasteiger partial charge in [0, 0.05) is 11.7 Å². The summed E-state index contributed by atoms with van der Waals surface area (Å²) in [5, 5.41) is 0. The molecule has 4 nitrogen and oxygen atoms in total. The highest BCUT2D eigenvalue weighted by atomic mass is 16.2. The quantitative estimate of drug-likeness (QED) is 0.844. The number of hydrogen-bond acceptors (Lipinski definition) is 3. The average Bonchev–Trinajstić information content (AvgIpc) is 3.34. The van der Waals surface area contributed by atoms with Crippen molar-refractivity contribution in [2.45, 2.75) is 57.4 Å². The Bertz CT molecular complexity index is 395. The molecule has 1 amide bonds. The van der Waals surface area contributed by atoms with Crippen LogP contribution in [0.1, 0.15) is 51.4 Å². The second-order valence-corrected chi connectivity index (χ2v) is 6.89. The van der Waals surface area contributed by atoms with E-state index >= 15 is 0 Å². The van der Waals surface area contributed by atoms with Crippen LogP contribution in [0.25, 0.3) is 0 Å². The Kier molecular flexibility index (Phi) is 4.96. The van der Waals surface area contributed by atoms with Crippen molar-refractivity contribution in [2.75, 3.05) is 26.2 Å². The van der Waals surface area contributed by atoms with E-state index in [9.17, 15) is 4.79 Å². The van der Waals surface area contributed by atoms with Crippen molar-refractivity contribution >= 4 is 5.91 Å². The molecule has 2 fully saturated rings. The summed E-state index contributed by atoms with van der Waals surface area (Å²) >= 11 is 0. The first-order valence-corrected chi connectivity index (χ1v) is 8.71. The van der Waals surface area contributed by atoms with Gasteiger partial charge in [0.25, 0.3) is 0 Å². The van der Waals surface area contributed by atoms with Crippen LogP contribution in [0.3, 0.4) is 0 Å². The normalized spacial score (nSPS) is 24.7. The third kappa shape index (κ3) is 3.86. The third-order valence-corrected chi connectivity index (χ3v) is 5.16. The molecule has 118 valence electrons. The van der Waals surface area contributed by atoms with Crippen molar-refractivity contribution in [1.82, 2.24) is 9.80 Å². The van der Waals surface area contributed by atoms with Gasteiger partial charge in [-0.1, -0.05) is 6.08 Å². The summed E-state index contributed by atoms with van der Waals surface area (Å²) in [6, 6.07) is 0.503. The largest absolute Gasteiger partial charge is 0.330 e. The van der Waals surface area contributed by atoms with E-state index in [-0.39, 0.29) is 0 Å². The molecule has 4 heteroatoms. The molecular weight excluding hydrogens is 262 g/mol. The van der Waals surface area contributed by atoms with Gasteiger partial charge in [0.1, 0.15) is 0 Å². The van der Waals surface area contributed by atoms with Crippen LogP contribution in [0, 0.1) is 5.92 Å². The molecule has 0 aromatic rings. The van der Waals surface area contributed by atoms with Crippen molar-refractivity contribution in [3.63, 3.8) is 0 Å². The zero-order valence-electron chi connectivity index (χ0n) is 13.1. The van der Waals surface area contributed by atoms with Gasteiger partial charge in [0.2, 0.25) is 5.91 Å². The summed E-state index contributed by atoms with van der Waals surface area (Å²) in [4.78, 5) is 17.2. The van der Waals surface area contributed by atoms with Gasteiger partial charge in [-0.2, -0.15) is 0 Å². The SMILES string of the molecule is NCC1CCN(CC(=O)N(C2=CCCCC2)C2CC2)CC1. The summed E-state index contributed by atoms with van der Waals surface area (Å²) in [5.74, 6) is 0.994. The van der Waals surface area contributed by atoms with Crippen LogP contribution < -0.4 is 5.73 Å². The fraction of sp³-hybridized carbons (Fsp3) is 0.824. The van der Waals surface area contributed by atoms with Crippen molar-refractivity contribution in [3.05, 3.63) is 11.8 Å². The van der Waals surface area contributed by atoms with E-state index in [1.54, 1.807) is 0 Å². The summed E-state index contributed by atoms with van der Waals surface area (Å²) in [6.45, 7) is 3.46. The van der Waals surface area contributed by atoms with Crippen LogP contribution >= 0.6 is 0 Å². The first-order valence-electron chi connectivity index (χ1n) is 8.71. The molecule has 0 unspecified atom stereocenters. The zero-order valence-corrected chi connectivity index (χ0v) is 13.1. The number of carbonyl (C=O) groups is 1. The van der Waals surface area contributed by atoms with Crippen LogP contribution in [-0.2, 0) is 4.79 Å². The number of piperidine rings is 1. The number of rotatable bonds is 5. The van der Waals surface area contributed by atoms with Crippen LogP contribution in [-0.4, -0.2) is 47.9 Å². The summed E-state index contributed by atoms with van der Waals surface area (Å²) in [6.07, 6.45) is 11.8. The van der Waals surface area contributed by atoms with Gasteiger partial charge in [-0.15, -0.1) is 0 Å². The van der Waals surface area contributed by atoms with Crippen LogP contribution in [0.15, 0.2) is 11.8 Å². The molecule has 1 saturated heterocycles. The molecule has 3 aliphatic rings. The summed E-state index contributed by atoms with van der Waals surface area (Å²) < 4.78 is 0. The molecule has 0 bridgehead atoms. The minimum atomic E-state index is 0.330. The predicted molar refractivity (Wildman–Crippen MR) is 84.6 cm³/mol.